The Labute approximate surface area is 115 Å². The van der Waals surface area contributed by atoms with Crippen molar-refractivity contribution >= 4 is 36.3 Å². The van der Waals surface area contributed by atoms with Gasteiger partial charge in [0.15, 0.2) is 0 Å². The van der Waals surface area contributed by atoms with Gasteiger partial charge in [0.1, 0.15) is 5.84 Å². The summed E-state index contributed by atoms with van der Waals surface area (Å²) in [7, 11) is 0. The smallest absolute Gasteiger partial charge is 0.122 e. The van der Waals surface area contributed by atoms with Crippen LogP contribution in [-0.2, 0) is 0 Å². The Bertz CT molecular complexity index is 363. The van der Waals surface area contributed by atoms with Crippen LogP contribution in [0.5, 0.6) is 0 Å². The quantitative estimate of drug-likeness (QED) is 0.644. The van der Waals surface area contributed by atoms with Gasteiger partial charge in [-0.2, -0.15) is 0 Å². The number of halogens is 2. The van der Waals surface area contributed by atoms with Gasteiger partial charge in [0.05, 0.1) is 0 Å². The molecule has 1 aliphatic rings. The van der Waals surface area contributed by atoms with Crippen molar-refractivity contribution in [2.24, 2.45) is 5.73 Å². The fourth-order valence-electron chi connectivity index (χ4n) is 2.02. The van der Waals surface area contributed by atoms with Crippen LogP contribution in [0.15, 0.2) is 24.3 Å². The molecule has 5 heteroatoms. The number of nitrogens with two attached hydrogens (primary N) is 1. The summed E-state index contributed by atoms with van der Waals surface area (Å²) in [4.78, 5) is 2.37. The lowest BCUT2D eigenvalue weighted by atomic mass is 10.1. The first-order valence-corrected chi connectivity index (χ1v) is 5.47. The molecular weight excluding hydrogens is 257 g/mol. The first-order valence-electron chi connectivity index (χ1n) is 5.47. The minimum absolute atomic E-state index is 0. The lowest BCUT2D eigenvalue weighted by Gasteiger charge is -2.29. The largest absolute Gasteiger partial charge is 0.384 e. The van der Waals surface area contributed by atoms with Gasteiger partial charge in [-0.1, -0.05) is 12.1 Å². The monoisotopic (exact) mass is 275 g/mol. The highest BCUT2D eigenvalue weighted by Gasteiger charge is 2.11. The Morgan fingerprint density at radius 3 is 2.35 bits per heavy atom. The van der Waals surface area contributed by atoms with Crippen LogP contribution < -0.4 is 10.6 Å². The number of hydrogen-bond acceptors (Lipinski definition) is 2. The molecular formula is C12H19Cl2N3. The second kappa shape index (κ2) is 7.41. The highest BCUT2D eigenvalue weighted by atomic mass is 35.5. The van der Waals surface area contributed by atoms with Crippen molar-refractivity contribution < 1.29 is 0 Å². The Morgan fingerprint density at radius 1 is 1.12 bits per heavy atom. The molecule has 1 aromatic carbocycles. The van der Waals surface area contributed by atoms with Crippen molar-refractivity contribution in [2.45, 2.75) is 19.3 Å². The van der Waals surface area contributed by atoms with Crippen molar-refractivity contribution in [3.63, 3.8) is 0 Å². The Hall–Kier alpha value is -0.930. The number of nitrogens with one attached hydrogen (secondary N) is 1. The maximum absolute atomic E-state index is 7.41. The van der Waals surface area contributed by atoms with E-state index in [1.54, 1.807) is 0 Å². The van der Waals surface area contributed by atoms with Crippen molar-refractivity contribution in [1.29, 1.82) is 5.41 Å². The Balaban J connectivity index is 0.00000128. The van der Waals surface area contributed by atoms with E-state index >= 15 is 0 Å². The van der Waals surface area contributed by atoms with E-state index in [4.69, 9.17) is 11.1 Å². The number of amidine groups is 1. The first-order chi connectivity index (χ1) is 7.27. The first kappa shape index (κ1) is 16.1. The molecule has 0 amide bonds. The fraction of sp³-hybridized carbons (Fsp3) is 0.417. The molecule has 3 N–H and O–H groups in total. The zero-order chi connectivity index (χ0) is 10.7. The van der Waals surface area contributed by atoms with Crippen LogP contribution in [0.2, 0.25) is 0 Å². The predicted octanol–water partition coefficient (Wildman–Crippen LogP) is 2.80. The van der Waals surface area contributed by atoms with E-state index in [-0.39, 0.29) is 30.6 Å². The predicted molar refractivity (Wildman–Crippen MR) is 78.0 cm³/mol. The van der Waals surface area contributed by atoms with E-state index in [9.17, 15) is 0 Å². The fourth-order valence-corrected chi connectivity index (χ4v) is 2.02. The van der Waals surface area contributed by atoms with E-state index in [0.717, 1.165) is 18.7 Å². The van der Waals surface area contributed by atoms with E-state index in [1.165, 1.54) is 24.9 Å². The van der Waals surface area contributed by atoms with Gasteiger partial charge >= 0.3 is 0 Å². The molecule has 0 radical (unpaired) electrons. The van der Waals surface area contributed by atoms with Gasteiger partial charge in [0, 0.05) is 24.3 Å². The van der Waals surface area contributed by atoms with Crippen molar-refractivity contribution in [1.82, 2.24) is 0 Å². The number of nitrogens with zero attached hydrogens (tertiary/aromatic N) is 1. The van der Waals surface area contributed by atoms with Crippen LogP contribution in [0.25, 0.3) is 0 Å². The summed E-state index contributed by atoms with van der Waals surface area (Å²) in [6, 6.07) is 7.96. The molecule has 0 unspecified atom stereocenters. The average molecular weight is 276 g/mol. The van der Waals surface area contributed by atoms with Crippen LogP contribution in [0.1, 0.15) is 24.8 Å². The summed E-state index contributed by atoms with van der Waals surface area (Å²) < 4.78 is 0. The summed E-state index contributed by atoms with van der Waals surface area (Å²) in [5.74, 6) is 0.147. The summed E-state index contributed by atoms with van der Waals surface area (Å²) >= 11 is 0. The van der Waals surface area contributed by atoms with E-state index in [0.29, 0.717) is 0 Å². The lowest BCUT2D eigenvalue weighted by Crippen LogP contribution is -2.29. The summed E-state index contributed by atoms with van der Waals surface area (Å²) in [6.07, 6.45) is 3.87. The molecule has 0 aromatic heterocycles. The lowest BCUT2D eigenvalue weighted by molar-refractivity contribution is 0.578. The average Bonchev–Trinajstić information content (AvgIpc) is 2.30. The molecule has 1 heterocycles. The molecule has 0 atom stereocenters. The maximum Gasteiger partial charge on any atom is 0.122 e. The van der Waals surface area contributed by atoms with Crippen LogP contribution in [0.4, 0.5) is 5.69 Å². The molecule has 0 spiro atoms. The number of nitrogen functional groups attached to an aromatic ring is 1. The van der Waals surface area contributed by atoms with E-state index in [1.807, 2.05) is 18.2 Å². The summed E-state index contributed by atoms with van der Waals surface area (Å²) in [5, 5.41) is 7.41. The molecule has 2 rings (SSSR count). The molecule has 1 aliphatic heterocycles. The van der Waals surface area contributed by atoms with Crippen LogP contribution in [0.3, 0.4) is 0 Å². The third kappa shape index (κ3) is 4.10. The van der Waals surface area contributed by atoms with Gasteiger partial charge in [-0.05, 0) is 31.4 Å². The van der Waals surface area contributed by atoms with E-state index < -0.39 is 0 Å². The SMILES string of the molecule is Cl.Cl.N=C(N)c1cccc(N2CCCCC2)c1. The third-order valence-corrected chi connectivity index (χ3v) is 2.88. The zero-order valence-corrected chi connectivity index (χ0v) is 11.3. The molecule has 3 nitrogen and oxygen atoms in total. The molecule has 96 valence electrons. The molecule has 1 fully saturated rings. The number of piperidine rings is 1. The highest BCUT2D eigenvalue weighted by Crippen LogP contribution is 2.20. The van der Waals surface area contributed by atoms with Gasteiger partial charge in [-0.25, -0.2) is 0 Å². The minimum Gasteiger partial charge on any atom is -0.384 e. The number of rotatable bonds is 2. The second-order valence-corrected chi connectivity index (χ2v) is 4.01. The Morgan fingerprint density at radius 2 is 1.76 bits per heavy atom. The third-order valence-electron chi connectivity index (χ3n) is 2.88. The molecule has 1 saturated heterocycles. The number of anilines is 1. The van der Waals surface area contributed by atoms with Crippen LogP contribution in [-0.4, -0.2) is 18.9 Å². The topological polar surface area (TPSA) is 53.1 Å². The van der Waals surface area contributed by atoms with E-state index in [2.05, 4.69) is 11.0 Å². The van der Waals surface area contributed by atoms with Gasteiger partial charge in [0.2, 0.25) is 0 Å². The molecule has 0 saturated carbocycles. The van der Waals surface area contributed by atoms with Crippen molar-refractivity contribution in [3.8, 4) is 0 Å². The Kier molecular flexibility index (Phi) is 7.00. The van der Waals surface area contributed by atoms with Crippen LogP contribution >= 0.6 is 24.8 Å². The highest BCUT2D eigenvalue weighted by molar-refractivity contribution is 5.95. The van der Waals surface area contributed by atoms with Gasteiger partial charge < -0.3 is 10.6 Å². The molecule has 17 heavy (non-hydrogen) atoms. The van der Waals surface area contributed by atoms with Gasteiger partial charge in [0.25, 0.3) is 0 Å². The summed E-state index contributed by atoms with van der Waals surface area (Å²) in [5.41, 5.74) is 7.49. The van der Waals surface area contributed by atoms with Gasteiger partial charge in [-0.3, -0.25) is 5.41 Å². The van der Waals surface area contributed by atoms with Crippen LogP contribution in [0, 0.1) is 5.41 Å². The normalized spacial score (nSPS) is 14.5. The zero-order valence-electron chi connectivity index (χ0n) is 9.69. The van der Waals surface area contributed by atoms with Crippen molar-refractivity contribution in [3.05, 3.63) is 29.8 Å². The molecule has 1 aromatic rings. The van der Waals surface area contributed by atoms with Crippen molar-refractivity contribution in [2.75, 3.05) is 18.0 Å². The maximum atomic E-state index is 7.41. The molecule has 0 bridgehead atoms. The standard InChI is InChI=1S/C12H17N3.2ClH/c13-12(14)10-5-4-6-11(9-10)15-7-2-1-3-8-15;;/h4-6,9H,1-3,7-8H2,(H3,13,14);2*1H. The number of benzene rings is 1. The minimum atomic E-state index is 0. The number of hydrogen-bond donors (Lipinski definition) is 2. The second-order valence-electron chi connectivity index (χ2n) is 4.01. The summed E-state index contributed by atoms with van der Waals surface area (Å²) in [6.45, 7) is 2.25. The van der Waals surface area contributed by atoms with Gasteiger partial charge in [-0.15, -0.1) is 24.8 Å². The molecule has 0 aliphatic carbocycles.